The summed E-state index contributed by atoms with van der Waals surface area (Å²) in [5.41, 5.74) is 2.87. The lowest BCUT2D eigenvalue weighted by Gasteiger charge is -2.27. The minimum atomic E-state index is -1.04. The van der Waals surface area contributed by atoms with Crippen LogP contribution in [0.3, 0.4) is 0 Å². The van der Waals surface area contributed by atoms with Crippen molar-refractivity contribution >= 4 is 23.2 Å². The van der Waals surface area contributed by atoms with Gasteiger partial charge in [-0.1, -0.05) is 12.1 Å². The minimum absolute atomic E-state index is 0.0210. The quantitative estimate of drug-likeness (QED) is 0.409. The molecular weight excluding hydrogens is 413 g/mol. The highest BCUT2D eigenvalue weighted by atomic mass is 19.1. The van der Waals surface area contributed by atoms with Gasteiger partial charge in [0, 0.05) is 56.7 Å². The molecule has 32 heavy (non-hydrogen) atoms. The number of Topliss-reactive ketones (excluding diaryl/α,β-unsaturated/α-hetero) is 1. The number of hydrogen-bond donors (Lipinski definition) is 4. The summed E-state index contributed by atoms with van der Waals surface area (Å²) in [6.07, 6.45) is 0.0572. The van der Waals surface area contributed by atoms with Crippen LogP contribution in [-0.2, 0) is 17.6 Å². The van der Waals surface area contributed by atoms with E-state index in [1.54, 1.807) is 19.2 Å². The zero-order valence-corrected chi connectivity index (χ0v) is 17.6. The largest absolute Gasteiger partial charge is 0.511 e. The monoisotopic (exact) mass is 437 g/mol. The molecule has 0 atom stereocenters. The number of allylic oxidation sites excluding steroid dienone is 2. The molecule has 8 heteroatoms. The Morgan fingerprint density at radius 3 is 2.53 bits per heavy atom. The molecule has 4 N–H and O–H groups in total. The van der Waals surface area contributed by atoms with E-state index in [0.29, 0.717) is 40.6 Å². The standard InChI is InChI=1S/C24H24FN3O4/c1-26-19-8-16(25)7-18-17(19)9-21(30)22(23(18)28-12-14-10-27-11-14)20(29)6-13-2-4-15(5-3-13)24(31)32/h2-5,7-8,14,26-27,29H,6,9-12H2,1H3,(H,31,32). The Morgan fingerprint density at radius 1 is 1.22 bits per heavy atom. The molecule has 0 radical (unpaired) electrons. The number of hydrogen-bond acceptors (Lipinski definition) is 6. The van der Waals surface area contributed by atoms with Crippen LogP contribution in [0.15, 0.2) is 52.7 Å². The Hall–Kier alpha value is -3.52. The number of ketones is 1. The van der Waals surface area contributed by atoms with E-state index in [-0.39, 0.29) is 35.5 Å². The van der Waals surface area contributed by atoms with Gasteiger partial charge in [0.05, 0.1) is 16.8 Å². The minimum Gasteiger partial charge on any atom is -0.511 e. The van der Waals surface area contributed by atoms with Crippen molar-refractivity contribution in [1.82, 2.24) is 5.32 Å². The lowest BCUT2D eigenvalue weighted by Crippen LogP contribution is -2.43. The molecule has 4 rings (SSSR count). The second kappa shape index (κ2) is 8.92. The molecule has 0 unspecified atom stereocenters. The third-order valence-corrected chi connectivity index (χ3v) is 5.83. The molecule has 0 spiro atoms. The first-order valence-electron chi connectivity index (χ1n) is 10.4. The fraction of sp³-hybridized carbons (Fsp3) is 0.292. The van der Waals surface area contributed by atoms with Crippen molar-refractivity contribution in [2.45, 2.75) is 12.8 Å². The SMILES string of the molecule is CNc1cc(F)cc2c1CC(=O)C(=C(O)Cc1ccc(C(=O)O)cc1)C2=NCC1CNC1. The van der Waals surface area contributed by atoms with Crippen molar-refractivity contribution in [2.75, 3.05) is 32.0 Å². The predicted octanol–water partition coefficient (Wildman–Crippen LogP) is 2.75. The maximum atomic E-state index is 14.4. The predicted molar refractivity (Wildman–Crippen MR) is 119 cm³/mol. The summed E-state index contributed by atoms with van der Waals surface area (Å²) in [6.45, 7) is 2.11. The number of carboxylic acids is 1. The van der Waals surface area contributed by atoms with Crippen molar-refractivity contribution in [3.63, 3.8) is 0 Å². The van der Waals surface area contributed by atoms with Crippen molar-refractivity contribution in [3.8, 4) is 0 Å². The van der Waals surface area contributed by atoms with E-state index in [1.807, 2.05) is 0 Å². The molecule has 2 aromatic rings. The van der Waals surface area contributed by atoms with Gasteiger partial charge in [0.15, 0.2) is 5.78 Å². The molecule has 2 aromatic carbocycles. The van der Waals surface area contributed by atoms with Crippen LogP contribution in [0.5, 0.6) is 0 Å². The maximum absolute atomic E-state index is 14.4. The lowest BCUT2D eigenvalue weighted by atomic mass is 9.82. The molecule has 0 bridgehead atoms. The number of nitrogens with zero attached hydrogens (tertiary/aromatic N) is 1. The van der Waals surface area contributed by atoms with Crippen LogP contribution in [0.4, 0.5) is 10.1 Å². The number of nitrogens with one attached hydrogen (secondary N) is 2. The Kier molecular flexibility index (Phi) is 6.05. The molecule has 1 heterocycles. The topological polar surface area (TPSA) is 111 Å². The Labute approximate surface area is 184 Å². The average molecular weight is 437 g/mol. The molecule has 2 aliphatic rings. The Bertz CT molecular complexity index is 1130. The Morgan fingerprint density at radius 2 is 1.94 bits per heavy atom. The molecule has 7 nitrogen and oxygen atoms in total. The summed E-state index contributed by atoms with van der Waals surface area (Å²) < 4.78 is 14.4. The summed E-state index contributed by atoms with van der Waals surface area (Å²) in [5.74, 6) is -1.62. The highest BCUT2D eigenvalue weighted by Gasteiger charge is 2.32. The number of halogens is 1. The number of benzene rings is 2. The molecule has 0 amide bonds. The number of aromatic carboxylic acids is 1. The van der Waals surface area contributed by atoms with Crippen LogP contribution in [0.1, 0.15) is 27.0 Å². The molecule has 166 valence electrons. The van der Waals surface area contributed by atoms with Gasteiger partial charge in [-0.3, -0.25) is 9.79 Å². The molecule has 1 aliphatic heterocycles. The van der Waals surface area contributed by atoms with Crippen LogP contribution in [0, 0.1) is 11.7 Å². The highest BCUT2D eigenvalue weighted by molar-refractivity contribution is 6.32. The summed E-state index contributed by atoms with van der Waals surface area (Å²) in [5, 5.41) is 26.1. The molecule has 1 aliphatic carbocycles. The average Bonchev–Trinajstić information content (AvgIpc) is 2.72. The second-order valence-corrected chi connectivity index (χ2v) is 8.04. The van der Waals surface area contributed by atoms with Gasteiger partial charge in [-0.05, 0) is 35.4 Å². The van der Waals surface area contributed by atoms with Crippen LogP contribution in [-0.4, -0.2) is 54.4 Å². The van der Waals surface area contributed by atoms with Crippen molar-refractivity contribution in [2.24, 2.45) is 10.9 Å². The summed E-state index contributed by atoms with van der Waals surface area (Å²) in [4.78, 5) is 28.8. The first kappa shape index (κ1) is 21.7. The number of aliphatic hydroxyl groups excluding tert-OH is 1. The molecule has 1 fully saturated rings. The first-order chi connectivity index (χ1) is 15.4. The van der Waals surface area contributed by atoms with Crippen LogP contribution < -0.4 is 10.6 Å². The number of rotatable bonds is 6. The normalized spacial score (nSPS) is 18.8. The number of carbonyl (C=O) groups excluding carboxylic acids is 1. The summed E-state index contributed by atoms with van der Waals surface area (Å²) >= 11 is 0. The number of anilines is 1. The van der Waals surface area contributed by atoms with Gasteiger partial charge in [-0.15, -0.1) is 0 Å². The zero-order chi connectivity index (χ0) is 22.8. The van der Waals surface area contributed by atoms with Crippen molar-refractivity contribution < 1.29 is 24.2 Å². The molecule has 0 saturated carbocycles. The fourth-order valence-electron chi connectivity index (χ4n) is 3.98. The molecule has 0 aromatic heterocycles. The number of aliphatic hydroxyl groups is 1. The van der Waals surface area contributed by atoms with Gasteiger partial charge in [-0.2, -0.15) is 0 Å². The smallest absolute Gasteiger partial charge is 0.335 e. The second-order valence-electron chi connectivity index (χ2n) is 8.04. The van der Waals surface area contributed by atoms with E-state index < -0.39 is 11.8 Å². The van der Waals surface area contributed by atoms with Crippen LogP contribution >= 0.6 is 0 Å². The maximum Gasteiger partial charge on any atom is 0.335 e. The van der Waals surface area contributed by atoms with Gasteiger partial charge in [0.25, 0.3) is 0 Å². The number of aliphatic imine (C=N–C) groups is 1. The third kappa shape index (κ3) is 4.27. The van der Waals surface area contributed by atoms with Crippen molar-refractivity contribution in [1.29, 1.82) is 0 Å². The third-order valence-electron chi connectivity index (χ3n) is 5.83. The van der Waals surface area contributed by atoms with Gasteiger partial charge in [0.1, 0.15) is 11.6 Å². The van der Waals surface area contributed by atoms with Crippen LogP contribution in [0.25, 0.3) is 0 Å². The van der Waals surface area contributed by atoms with E-state index >= 15 is 0 Å². The van der Waals surface area contributed by atoms with E-state index in [0.717, 1.165) is 13.1 Å². The Balaban J connectivity index is 1.77. The van der Waals surface area contributed by atoms with Crippen LogP contribution in [0.2, 0.25) is 0 Å². The number of fused-ring (bicyclic) bond motifs is 1. The van der Waals surface area contributed by atoms with Gasteiger partial charge in [0.2, 0.25) is 0 Å². The lowest BCUT2D eigenvalue weighted by molar-refractivity contribution is -0.114. The number of carboxylic acid groups (broad SMARTS) is 1. The van der Waals surface area contributed by atoms with E-state index in [1.165, 1.54) is 24.3 Å². The summed E-state index contributed by atoms with van der Waals surface area (Å²) in [7, 11) is 1.67. The van der Waals surface area contributed by atoms with E-state index in [4.69, 9.17) is 5.11 Å². The number of carbonyl (C=O) groups is 2. The molecular formula is C24H24FN3O4. The molecule has 1 saturated heterocycles. The van der Waals surface area contributed by atoms with E-state index in [9.17, 15) is 19.1 Å². The van der Waals surface area contributed by atoms with E-state index in [2.05, 4.69) is 15.6 Å². The van der Waals surface area contributed by atoms with Gasteiger partial charge >= 0.3 is 5.97 Å². The van der Waals surface area contributed by atoms with Crippen molar-refractivity contribution in [3.05, 3.63) is 75.8 Å². The zero-order valence-electron chi connectivity index (χ0n) is 17.6. The first-order valence-corrected chi connectivity index (χ1v) is 10.4. The highest BCUT2D eigenvalue weighted by Crippen LogP contribution is 2.32. The fourth-order valence-corrected chi connectivity index (χ4v) is 3.98. The van der Waals surface area contributed by atoms with Gasteiger partial charge < -0.3 is 20.8 Å². The summed E-state index contributed by atoms with van der Waals surface area (Å²) in [6, 6.07) is 8.78. The van der Waals surface area contributed by atoms with Gasteiger partial charge in [-0.25, -0.2) is 9.18 Å².